The van der Waals surface area contributed by atoms with E-state index in [1.165, 1.54) is 6.07 Å². The Kier molecular flexibility index (Phi) is 9.34. The molecule has 3 aromatic rings. The number of carbonyl (C=O) groups is 2. The molecule has 0 bridgehead atoms. The molecule has 2 aromatic heterocycles. The number of morpholine rings is 1. The first-order valence-electron chi connectivity index (χ1n) is 12.4. The number of rotatable bonds is 7. The van der Waals surface area contributed by atoms with Crippen LogP contribution >= 0.6 is 0 Å². The number of hydrogen-bond acceptors (Lipinski definition) is 6. The van der Waals surface area contributed by atoms with E-state index < -0.39 is 0 Å². The number of carbonyl (C=O) groups excluding carboxylic acids is 2. The number of nitrogens with zero attached hydrogens (tertiary/aromatic N) is 3. The Morgan fingerprint density at radius 1 is 1.27 bits per heavy atom. The molecule has 1 aliphatic heterocycles. The maximum absolute atomic E-state index is 15.1. The number of benzene rings is 1. The van der Waals surface area contributed by atoms with Crippen LogP contribution in [0, 0.1) is 5.82 Å². The summed E-state index contributed by atoms with van der Waals surface area (Å²) in [6, 6.07) is 8.65. The molecule has 1 atom stereocenters. The molecule has 0 N–H and O–H groups in total. The highest BCUT2D eigenvalue weighted by molar-refractivity contribution is 5.78. The van der Waals surface area contributed by atoms with E-state index in [0.29, 0.717) is 42.0 Å². The summed E-state index contributed by atoms with van der Waals surface area (Å²) in [6.45, 7) is 14.3. The predicted octanol–water partition coefficient (Wildman–Crippen LogP) is 5.21. The minimum atomic E-state index is -0.330. The Labute approximate surface area is 217 Å². The number of aromatic nitrogens is 2. The number of imidazole rings is 1. The minimum absolute atomic E-state index is 0.00430. The van der Waals surface area contributed by atoms with Crippen molar-refractivity contribution in [2.24, 2.45) is 0 Å². The van der Waals surface area contributed by atoms with Crippen LogP contribution < -0.4 is 0 Å². The normalized spacial score (nSPS) is 16.1. The molecular formula is C29H36FN3O4. The summed E-state index contributed by atoms with van der Waals surface area (Å²) in [7, 11) is 2.07. The summed E-state index contributed by atoms with van der Waals surface area (Å²) >= 11 is 0. The van der Waals surface area contributed by atoms with Gasteiger partial charge < -0.3 is 18.8 Å². The van der Waals surface area contributed by atoms with E-state index in [0.717, 1.165) is 42.6 Å². The zero-order chi connectivity index (χ0) is 27.2. The summed E-state index contributed by atoms with van der Waals surface area (Å²) < 4.78 is 27.6. The Morgan fingerprint density at radius 3 is 2.59 bits per heavy atom. The quantitative estimate of drug-likeness (QED) is 0.407. The van der Waals surface area contributed by atoms with Gasteiger partial charge in [-0.25, -0.2) is 9.37 Å². The van der Waals surface area contributed by atoms with E-state index in [4.69, 9.17) is 9.72 Å². The zero-order valence-electron chi connectivity index (χ0n) is 22.3. The fourth-order valence-electron chi connectivity index (χ4n) is 4.08. The highest BCUT2D eigenvalue weighted by atomic mass is 19.1. The van der Waals surface area contributed by atoms with Crippen molar-refractivity contribution in [3.8, 4) is 11.3 Å². The second-order valence-electron chi connectivity index (χ2n) is 10.2. The first kappa shape index (κ1) is 28.2. The van der Waals surface area contributed by atoms with Gasteiger partial charge in [-0.2, -0.15) is 0 Å². The van der Waals surface area contributed by atoms with Crippen LogP contribution in [0.25, 0.3) is 22.5 Å². The minimum Gasteiger partial charge on any atom is -0.462 e. The van der Waals surface area contributed by atoms with Crippen molar-refractivity contribution in [2.45, 2.75) is 52.2 Å². The first-order chi connectivity index (χ1) is 17.6. The number of hydrogen-bond donors (Lipinski definition) is 0. The van der Waals surface area contributed by atoms with Crippen LogP contribution in [-0.2, 0) is 20.7 Å². The van der Waals surface area contributed by atoms with Crippen LogP contribution in [-0.4, -0.2) is 65.5 Å². The number of halogens is 1. The molecule has 1 unspecified atom stereocenters. The highest BCUT2D eigenvalue weighted by Crippen LogP contribution is 2.31. The van der Waals surface area contributed by atoms with Gasteiger partial charge in [0.2, 0.25) is 0 Å². The van der Waals surface area contributed by atoms with Gasteiger partial charge in [0.1, 0.15) is 23.4 Å². The molecule has 198 valence electrons. The lowest BCUT2D eigenvalue weighted by Crippen LogP contribution is -2.41. The average molecular weight is 510 g/mol. The van der Waals surface area contributed by atoms with E-state index in [1.54, 1.807) is 18.2 Å². The summed E-state index contributed by atoms with van der Waals surface area (Å²) in [4.78, 5) is 27.7. The molecular weight excluding hydrogens is 473 g/mol. The van der Waals surface area contributed by atoms with Crippen molar-refractivity contribution in [1.82, 2.24) is 14.3 Å². The number of aldehydes is 1. The molecule has 0 radical (unpaired) electrons. The largest absolute Gasteiger partial charge is 0.462 e. The van der Waals surface area contributed by atoms with Crippen LogP contribution in [0.15, 0.2) is 43.1 Å². The molecule has 1 saturated heterocycles. The van der Waals surface area contributed by atoms with E-state index >= 15 is 4.39 Å². The third-order valence-corrected chi connectivity index (χ3v) is 6.11. The molecule has 1 fully saturated rings. The van der Waals surface area contributed by atoms with E-state index in [9.17, 15) is 9.59 Å². The number of ether oxygens (including phenoxy) is 2. The topological polar surface area (TPSA) is 73.1 Å². The summed E-state index contributed by atoms with van der Waals surface area (Å²) in [5.74, 6) is -0.330. The predicted molar refractivity (Wildman–Crippen MR) is 143 cm³/mol. The molecule has 3 heterocycles. The number of fused-ring (bicyclic) bond motifs is 1. The van der Waals surface area contributed by atoms with E-state index in [2.05, 4.69) is 23.3 Å². The van der Waals surface area contributed by atoms with Crippen LogP contribution in [0.2, 0.25) is 0 Å². The molecule has 1 aromatic carbocycles. The van der Waals surface area contributed by atoms with Gasteiger partial charge in [0.05, 0.1) is 24.1 Å². The summed E-state index contributed by atoms with van der Waals surface area (Å²) in [6.07, 6.45) is 3.97. The molecule has 0 saturated carbocycles. The number of pyridine rings is 1. The van der Waals surface area contributed by atoms with Crippen LogP contribution in [0.1, 0.15) is 55.7 Å². The lowest BCUT2D eigenvalue weighted by atomic mass is 10.00. The summed E-state index contributed by atoms with van der Waals surface area (Å²) in [5, 5.41) is 0. The first-order valence-corrected chi connectivity index (χ1v) is 12.4. The van der Waals surface area contributed by atoms with Crippen LogP contribution in [0.3, 0.4) is 0 Å². The SMILES string of the molecule is C=C(CC)c1ccc(-c2nc3cc(C=O)ccn3c2CC2CN(C)CCO2)c(F)c1.CC(C)(C)OC=O. The number of likely N-dealkylation sites (N-methyl/N-ethyl adjacent to an activating group) is 1. The van der Waals surface area contributed by atoms with Gasteiger partial charge >= 0.3 is 0 Å². The van der Waals surface area contributed by atoms with Crippen LogP contribution in [0.4, 0.5) is 4.39 Å². The molecule has 1 aliphatic rings. The Bertz CT molecular complexity index is 1260. The third kappa shape index (κ3) is 7.33. The maximum Gasteiger partial charge on any atom is 0.293 e. The second kappa shape index (κ2) is 12.3. The molecule has 8 heteroatoms. The molecule has 0 amide bonds. The van der Waals surface area contributed by atoms with Crippen molar-refractivity contribution >= 4 is 24.0 Å². The molecule has 0 aliphatic carbocycles. The molecule has 37 heavy (non-hydrogen) atoms. The Hall–Kier alpha value is -3.36. The van der Waals surface area contributed by atoms with Gasteiger partial charge in [-0.05, 0) is 69.6 Å². The smallest absolute Gasteiger partial charge is 0.293 e. The standard InChI is InChI=1S/C24H26FN3O2.C5H10O2/c1-4-16(2)18-5-6-20(21(25)12-18)24-22(13-19-14-27(3)9-10-30-19)28-8-7-17(15-29)11-23(28)26-24;1-5(2,3)7-4-6/h5-8,11-12,15,19H,2,4,9-10,13-14H2,1,3H3;4H,1-3H3. The maximum atomic E-state index is 15.1. The fourth-order valence-corrected chi connectivity index (χ4v) is 4.08. The highest BCUT2D eigenvalue weighted by Gasteiger charge is 2.24. The van der Waals surface area contributed by atoms with Crippen molar-refractivity contribution in [2.75, 3.05) is 26.7 Å². The van der Waals surface area contributed by atoms with Gasteiger partial charge in [0, 0.05) is 36.8 Å². The number of allylic oxidation sites excluding steroid dienone is 1. The van der Waals surface area contributed by atoms with Crippen molar-refractivity contribution in [3.63, 3.8) is 0 Å². The Balaban J connectivity index is 0.000000479. The molecule has 7 nitrogen and oxygen atoms in total. The molecule has 0 spiro atoms. The lowest BCUT2D eigenvalue weighted by Gasteiger charge is -2.30. The van der Waals surface area contributed by atoms with Gasteiger partial charge in [-0.1, -0.05) is 19.6 Å². The van der Waals surface area contributed by atoms with E-state index in [1.807, 2.05) is 44.4 Å². The zero-order valence-corrected chi connectivity index (χ0v) is 22.3. The monoisotopic (exact) mass is 509 g/mol. The van der Waals surface area contributed by atoms with Crippen molar-refractivity contribution in [3.05, 3.63) is 65.7 Å². The average Bonchev–Trinajstić information content (AvgIpc) is 3.20. The fraction of sp³-hybridized carbons (Fsp3) is 0.414. The van der Waals surface area contributed by atoms with Gasteiger partial charge in [0.15, 0.2) is 0 Å². The molecule has 4 rings (SSSR count). The summed E-state index contributed by atoms with van der Waals surface area (Å²) in [5.41, 5.74) is 4.43. The third-order valence-electron chi connectivity index (χ3n) is 6.11. The van der Waals surface area contributed by atoms with Gasteiger partial charge in [-0.3, -0.25) is 9.59 Å². The van der Waals surface area contributed by atoms with Crippen LogP contribution in [0.5, 0.6) is 0 Å². The van der Waals surface area contributed by atoms with Gasteiger partial charge in [0.25, 0.3) is 6.47 Å². The Morgan fingerprint density at radius 2 is 2.03 bits per heavy atom. The second-order valence-corrected chi connectivity index (χ2v) is 10.2. The lowest BCUT2D eigenvalue weighted by molar-refractivity contribution is -0.138. The van der Waals surface area contributed by atoms with Gasteiger partial charge in [-0.15, -0.1) is 0 Å². The van der Waals surface area contributed by atoms with E-state index in [-0.39, 0.29) is 17.5 Å². The van der Waals surface area contributed by atoms with Crippen molar-refractivity contribution < 1.29 is 23.5 Å². The van der Waals surface area contributed by atoms with Crippen molar-refractivity contribution in [1.29, 1.82) is 0 Å².